The van der Waals surface area contributed by atoms with Gasteiger partial charge in [0.25, 0.3) is 0 Å². The zero-order valence-electron chi connectivity index (χ0n) is 13.8. The van der Waals surface area contributed by atoms with Crippen molar-refractivity contribution in [3.63, 3.8) is 0 Å². The topological polar surface area (TPSA) is 85.5 Å². The van der Waals surface area contributed by atoms with E-state index in [1.165, 1.54) is 20.3 Å². The minimum atomic E-state index is -3.24. The lowest BCUT2D eigenvalue weighted by molar-refractivity contribution is -0.0176. The van der Waals surface area contributed by atoms with Crippen molar-refractivity contribution in [2.45, 2.75) is 32.3 Å². The second-order valence-corrected chi connectivity index (χ2v) is 9.24. The predicted octanol–water partition coefficient (Wildman–Crippen LogP) is 1.95. The summed E-state index contributed by atoms with van der Waals surface area (Å²) in [6, 6.07) is 4.27. The molecule has 24 heavy (non-hydrogen) atoms. The van der Waals surface area contributed by atoms with Crippen LogP contribution < -0.4 is 0 Å². The molecule has 0 N–H and O–H groups in total. The maximum Gasteiger partial charge on any atom is 0.246 e. The SMILES string of the molecule is Cc1ccc(CCCc2nnc([C@@H]3CN(S(C)(=O)=O)CCO3)o2)s1. The van der Waals surface area contributed by atoms with Gasteiger partial charge in [-0.3, -0.25) is 0 Å². The normalized spacial score (nSPS) is 19.7. The first kappa shape index (κ1) is 17.5. The number of aromatic nitrogens is 2. The van der Waals surface area contributed by atoms with Gasteiger partial charge >= 0.3 is 0 Å². The van der Waals surface area contributed by atoms with E-state index in [1.807, 2.05) is 0 Å². The summed E-state index contributed by atoms with van der Waals surface area (Å²) in [5.41, 5.74) is 0. The Balaban J connectivity index is 1.55. The van der Waals surface area contributed by atoms with E-state index >= 15 is 0 Å². The van der Waals surface area contributed by atoms with Crippen LogP contribution in [0.1, 0.15) is 34.1 Å². The third kappa shape index (κ3) is 4.41. The molecule has 1 aliphatic heterocycles. The molecule has 3 heterocycles. The molecule has 3 rings (SSSR count). The Morgan fingerprint density at radius 1 is 1.33 bits per heavy atom. The van der Waals surface area contributed by atoms with E-state index in [0.717, 1.165) is 12.8 Å². The molecule has 9 heteroatoms. The zero-order chi connectivity index (χ0) is 17.2. The van der Waals surface area contributed by atoms with Crippen molar-refractivity contribution >= 4 is 21.4 Å². The van der Waals surface area contributed by atoms with Crippen LogP contribution >= 0.6 is 11.3 Å². The standard InChI is InChI=1S/C15H21N3O4S2/c1-11-6-7-12(23-11)4-3-5-14-16-17-15(22-14)13-10-18(8-9-21-13)24(2,19)20/h6-7,13H,3-5,8-10H2,1-2H3/t13-/m0/s1. The molecule has 0 unspecified atom stereocenters. The molecule has 0 aromatic carbocycles. The molecule has 1 saturated heterocycles. The maximum absolute atomic E-state index is 11.7. The molecule has 2 aromatic rings. The zero-order valence-corrected chi connectivity index (χ0v) is 15.4. The highest BCUT2D eigenvalue weighted by Crippen LogP contribution is 2.23. The highest BCUT2D eigenvalue weighted by atomic mass is 32.2. The van der Waals surface area contributed by atoms with Crippen molar-refractivity contribution < 1.29 is 17.6 Å². The maximum atomic E-state index is 11.7. The minimum Gasteiger partial charge on any atom is -0.422 e. The number of aryl methyl sites for hydroxylation is 3. The fourth-order valence-electron chi connectivity index (χ4n) is 2.61. The fraction of sp³-hybridized carbons (Fsp3) is 0.600. The van der Waals surface area contributed by atoms with Crippen LogP contribution in [0.3, 0.4) is 0 Å². The van der Waals surface area contributed by atoms with Gasteiger partial charge in [-0.2, -0.15) is 4.31 Å². The van der Waals surface area contributed by atoms with E-state index in [9.17, 15) is 8.42 Å². The number of thiophene rings is 1. The molecule has 1 fully saturated rings. The lowest BCUT2D eigenvalue weighted by atomic mass is 10.2. The van der Waals surface area contributed by atoms with Crippen LogP contribution in [-0.4, -0.2) is 48.9 Å². The van der Waals surface area contributed by atoms with Crippen molar-refractivity contribution in [3.05, 3.63) is 33.7 Å². The van der Waals surface area contributed by atoms with E-state index in [-0.39, 0.29) is 6.54 Å². The number of nitrogens with zero attached hydrogens (tertiary/aromatic N) is 3. The molecule has 0 radical (unpaired) electrons. The second kappa shape index (κ2) is 7.30. The van der Waals surface area contributed by atoms with Crippen LogP contribution in [0.15, 0.2) is 16.5 Å². The lowest BCUT2D eigenvalue weighted by Gasteiger charge is -2.29. The van der Waals surface area contributed by atoms with Gasteiger partial charge in [0.1, 0.15) is 6.10 Å². The van der Waals surface area contributed by atoms with Crippen LogP contribution in [0, 0.1) is 6.92 Å². The predicted molar refractivity (Wildman–Crippen MR) is 90.5 cm³/mol. The smallest absolute Gasteiger partial charge is 0.246 e. The average Bonchev–Trinajstić information content (AvgIpc) is 3.16. The molecule has 1 aliphatic rings. The number of morpholine rings is 1. The molecule has 7 nitrogen and oxygen atoms in total. The van der Waals surface area contributed by atoms with E-state index in [4.69, 9.17) is 9.15 Å². The first-order chi connectivity index (χ1) is 11.4. The molecule has 0 saturated carbocycles. The summed E-state index contributed by atoms with van der Waals surface area (Å²) in [4.78, 5) is 2.67. The van der Waals surface area contributed by atoms with Gasteiger partial charge in [-0.25, -0.2) is 8.42 Å². The molecule has 132 valence electrons. The Hall–Kier alpha value is -1.29. The molecule has 0 spiro atoms. The number of hydrogen-bond donors (Lipinski definition) is 0. The van der Waals surface area contributed by atoms with Gasteiger partial charge in [-0.1, -0.05) is 0 Å². The highest BCUT2D eigenvalue weighted by molar-refractivity contribution is 7.88. The van der Waals surface area contributed by atoms with Gasteiger partial charge in [0, 0.05) is 29.3 Å². The van der Waals surface area contributed by atoms with Crippen LogP contribution in [0.4, 0.5) is 0 Å². The van der Waals surface area contributed by atoms with E-state index < -0.39 is 16.1 Å². The van der Waals surface area contributed by atoms with Gasteiger partial charge in [-0.15, -0.1) is 21.5 Å². The minimum absolute atomic E-state index is 0.217. The second-order valence-electron chi connectivity index (χ2n) is 5.88. The summed E-state index contributed by atoms with van der Waals surface area (Å²) in [6.45, 7) is 3.00. The van der Waals surface area contributed by atoms with E-state index in [0.29, 0.717) is 31.4 Å². The summed E-state index contributed by atoms with van der Waals surface area (Å²) < 4.78 is 35.9. The number of rotatable bonds is 6. The first-order valence-electron chi connectivity index (χ1n) is 7.86. The van der Waals surface area contributed by atoms with Gasteiger partial charge in [0.15, 0.2) is 0 Å². The largest absolute Gasteiger partial charge is 0.422 e. The number of sulfonamides is 1. The molecule has 0 bridgehead atoms. The van der Waals surface area contributed by atoms with Crippen LogP contribution in [0.5, 0.6) is 0 Å². The average molecular weight is 371 g/mol. The Morgan fingerprint density at radius 2 is 2.17 bits per heavy atom. The van der Waals surface area contributed by atoms with Gasteiger partial charge < -0.3 is 9.15 Å². The lowest BCUT2D eigenvalue weighted by Crippen LogP contribution is -2.41. The van der Waals surface area contributed by atoms with E-state index in [2.05, 4.69) is 29.3 Å². The number of hydrogen-bond acceptors (Lipinski definition) is 7. The Labute approximate surface area is 145 Å². The van der Waals surface area contributed by atoms with Crippen molar-refractivity contribution in [2.75, 3.05) is 26.0 Å². The van der Waals surface area contributed by atoms with Gasteiger partial charge in [0.2, 0.25) is 21.8 Å². The van der Waals surface area contributed by atoms with Crippen molar-refractivity contribution in [1.82, 2.24) is 14.5 Å². The monoisotopic (exact) mass is 371 g/mol. The molecule has 2 aromatic heterocycles. The summed E-state index contributed by atoms with van der Waals surface area (Å²) in [7, 11) is -3.24. The first-order valence-corrected chi connectivity index (χ1v) is 10.5. The van der Waals surface area contributed by atoms with Crippen LogP contribution in [-0.2, 0) is 27.6 Å². The molecular formula is C15H21N3O4S2. The molecular weight excluding hydrogens is 350 g/mol. The highest BCUT2D eigenvalue weighted by Gasteiger charge is 2.30. The fourth-order valence-corrected chi connectivity index (χ4v) is 4.35. The summed E-state index contributed by atoms with van der Waals surface area (Å²) in [6.07, 6.45) is 3.32. The number of ether oxygens (including phenoxy) is 1. The quantitative estimate of drug-likeness (QED) is 0.771. The van der Waals surface area contributed by atoms with Gasteiger partial charge in [0.05, 0.1) is 12.9 Å². The van der Waals surface area contributed by atoms with Crippen LogP contribution in [0.25, 0.3) is 0 Å². The third-order valence-corrected chi connectivity index (χ3v) is 6.20. The third-order valence-electron chi connectivity index (χ3n) is 3.87. The Morgan fingerprint density at radius 3 is 2.88 bits per heavy atom. The Bertz CT molecular complexity index is 784. The van der Waals surface area contributed by atoms with Crippen LogP contribution in [0.2, 0.25) is 0 Å². The van der Waals surface area contributed by atoms with Gasteiger partial charge in [-0.05, 0) is 31.9 Å². The molecule has 1 atom stereocenters. The van der Waals surface area contributed by atoms with Crippen molar-refractivity contribution in [3.8, 4) is 0 Å². The van der Waals surface area contributed by atoms with Crippen molar-refractivity contribution in [1.29, 1.82) is 0 Å². The summed E-state index contributed by atoms with van der Waals surface area (Å²) >= 11 is 1.80. The summed E-state index contributed by atoms with van der Waals surface area (Å²) in [5, 5.41) is 8.08. The molecule has 0 amide bonds. The van der Waals surface area contributed by atoms with E-state index in [1.54, 1.807) is 11.3 Å². The summed E-state index contributed by atoms with van der Waals surface area (Å²) in [5.74, 6) is 0.920. The van der Waals surface area contributed by atoms with Crippen molar-refractivity contribution in [2.24, 2.45) is 0 Å². The molecule has 0 aliphatic carbocycles. The Kier molecular flexibility index (Phi) is 5.33.